The van der Waals surface area contributed by atoms with Gasteiger partial charge in [-0.3, -0.25) is 14.5 Å². The summed E-state index contributed by atoms with van der Waals surface area (Å²) in [6.45, 7) is 5.31. The Morgan fingerprint density at radius 3 is 2.36 bits per heavy atom. The second-order valence-corrected chi connectivity index (χ2v) is 16.2. The van der Waals surface area contributed by atoms with E-state index in [1.807, 2.05) is 18.2 Å². The lowest BCUT2D eigenvalue weighted by atomic mass is 9.80. The van der Waals surface area contributed by atoms with Gasteiger partial charge in [0.25, 0.3) is 5.56 Å². The minimum Gasteiger partial charge on any atom is -0.481 e. The van der Waals surface area contributed by atoms with Gasteiger partial charge in [-0.05, 0) is 86.1 Å². The van der Waals surface area contributed by atoms with Crippen molar-refractivity contribution in [2.75, 3.05) is 25.5 Å². The van der Waals surface area contributed by atoms with Crippen LogP contribution in [-0.2, 0) is 31.0 Å². The molecule has 3 aromatic heterocycles. The number of hydrogen-bond donors (Lipinski definition) is 2. The summed E-state index contributed by atoms with van der Waals surface area (Å²) >= 11 is 14.1. The van der Waals surface area contributed by atoms with Crippen molar-refractivity contribution < 1.29 is 22.7 Å². The molecule has 1 aliphatic heterocycles. The first-order valence-electron chi connectivity index (χ1n) is 18.4. The summed E-state index contributed by atoms with van der Waals surface area (Å²) in [5.41, 5.74) is 8.45. The quantitative estimate of drug-likeness (QED) is 0.149. The van der Waals surface area contributed by atoms with E-state index in [9.17, 15) is 18.0 Å². The van der Waals surface area contributed by atoms with Crippen molar-refractivity contribution in [2.45, 2.75) is 64.6 Å². The van der Waals surface area contributed by atoms with Crippen molar-refractivity contribution in [1.82, 2.24) is 24.6 Å². The molecule has 294 valence electrons. The standard InChI is InChI=1S/C40H39Cl2F3N6O2.CH3NO/c1-38-11-13-39(22-38,14-12-38)15-17-51-16-10-25-24(21-51)18-30(48-36(25)53-3)28-8-4-6-26(33(28)41)27-7-5-9-29(34(27)42)47-35-32-23(20-46-50(2)37(32)52)19-31(49-35)40(43,44)45;2-1-3/h4-9,18-20H,10-17,21-22H2,1-3H3,(H,47,49);1H,(H2,2,3). The highest BCUT2D eigenvalue weighted by atomic mass is 35.5. The molecule has 0 saturated heterocycles. The number of nitrogens with zero attached hydrogens (tertiary/aromatic N) is 5. The SMILES string of the molecule is COc1nc(-c2cccc(-c3cccc(Nc4nc(C(F)(F)F)cc5cnn(C)c(=O)c45)c3Cl)c2Cl)cc2c1CCN(CCC13CCC(C)(CC1)C3)C2.NC=O. The summed E-state index contributed by atoms with van der Waals surface area (Å²) in [5.74, 6) is 0.298. The molecule has 0 atom stereocenters. The zero-order chi connectivity index (χ0) is 40.0. The number of carbonyl (C=O) groups is 1. The Balaban J connectivity index is 0.00000155. The van der Waals surface area contributed by atoms with Gasteiger partial charge in [0.05, 0.1) is 40.1 Å². The number of amides is 1. The number of alkyl halides is 3. The first-order valence-corrected chi connectivity index (χ1v) is 19.2. The summed E-state index contributed by atoms with van der Waals surface area (Å²) < 4.78 is 48.4. The van der Waals surface area contributed by atoms with Gasteiger partial charge >= 0.3 is 6.18 Å². The number of aromatic nitrogens is 4. The topological polar surface area (TPSA) is 128 Å². The normalized spacial score (nSPS) is 20.4. The van der Waals surface area contributed by atoms with Crippen molar-refractivity contribution in [3.63, 3.8) is 0 Å². The first kappa shape index (κ1) is 39.5. The Labute approximate surface area is 332 Å². The number of nitrogens with one attached hydrogen (secondary N) is 1. The van der Waals surface area contributed by atoms with Crippen LogP contribution in [0.15, 0.2) is 59.5 Å². The molecule has 2 saturated carbocycles. The number of pyridine rings is 2. The van der Waals surface area contributed by atoms with Crippen LogP contribution in [0.3, 0.4) is 0 Å². The third-order valence-electron chi connectivity index (χ3n) is 11.8. The van der Waals surface area contributed by atoms with Crippen LogP contribution in [0.25, 0.3) is 33.2 Å². The highest BCUT2D eigenvalue weighted by Crippen LogP contribution is 2.62. The molecule has 3 aliphatic rings. The largest absolute Gasteiger partial charge is 0.481 e. The maximum atomic E-state index is 13.8. The maximum absolute atomic E-state index is 13.8. The van der Waals surface area contributed by atoms with E-state index in [-0.39, 0.29) is 33.7 Å². The number of nitrogens with two attached hydrogens (primary N) is 1. The lowest BCUT2D eigenvalue weighted by Crippen LogP contribution is -2.34. The molecule has 2 fully saturated rings. The Morgan fingerprint density at radius 1 is 1.02 bits per heavy atom. The van der Waals surface area contributed by atoms with E-state index in [2.05, 4.69) is 39.0 Å². The molecule has 0 spiro atoms. The van der Waals surface area contributed by atoms with Crippen LogP contribution in [0.2, 0.25) is 10.0 Å². The van der Waals surface area contributed by atoms with E-state index in [0.29, 0.717) is 44.1 Å². The van der Waals surface area contributed by atoms with E-state index < -0.39 is 17.4 Å². The molecular formula is C41H42Cl2F3N7O3. The van der Waals surface area contributed by atoms with Gasteiger partial charge in [-0.15, -0.1) is 0 Å². The number of ether oxygens (including phenoxy) is 1. The van der Waals surface area contributed by atoms with E-state index in [4.69, 9.17) is 37.7 Å². The fraction of sp³-hybridized carbons (Fsp3) is 0.390. The van der Waals surface area contributed by atoms with Crippen LogP contribution in [0.5, 0.6) is 5.88 Å². The number of hydrogen-bond acceptors (Lipinski definition) is 8. The molecule has 0 radical (unpaired) electrons. The zero-order valence-corrected chi connectivity index (χ0v) is 32.8. The summed E-state index contributed by atoms with van der Waals surface area (Å²) in [7, 11) is 3.05. The van der Waals surface area contributed by atoms with Crippen molar-refractivity contribution in [3.05, 3.63) is 91.9 Å². The number of anilines is 2. The number of carbonyl (C=O) groups excluding carboxylic acids is 1. The van der Waals surface area contributed by atoms with Crippen LogP contribution in [0, 0.1) is 10.8 Å². The molecule has 3 N–H and O–H groups in total. The highest BCUT2D eigenvalue weighted by Gasteiger charge is 2.51. The number of aryl methyl sites for hydroxylation is 1. The Morgan fingerprint density at radius 2 is 1.70 bits per heavy atom. The minimum absolute atomic E-state index is 0.00746. The van der Waals surface area contributed by atoms with E-state index >= 15 is 0 Å². The van der Waals surface area contributed by atoms with Crippen LogP contribution in [-0.4, -0.2) is 51.3 Å². The fourth-order valence-electron chi connectivity index (χ4n) is 8.86. The molecule has 10 nitrogen and oxygen atoms in total. The summed E-state index contributed by atoms with van der Waals surface area (Å²) in [5, 5.41) is 7.31. The number of halogens is 5. The molecule has 2 bridgehead atoms. The first-order chi connectivity index (χ1) is 26.7. The average molecular weight is 809 g/mol. The second kappa shape index (κ2) is 15.3. The Kier molecular flexibility index (Phi) is 10.8. The van der Waals surface area contributed by atoms with Crippen LogP contribution < -0.4 is 21.3 Å². The van der Waals surface area contributed by atoms with Gasteiger partial charge in [0, 0.05) is 47.8 Å². The number of primary amides is 1. The van der Waals surface area contributed by atoms with Crippen molar-refractivity contribution >= 4 is 51.9 Å². The maximum Gasteiger partial charge on any atom is 0.433 e. The fourth-order valence-corrected chi connectivity index (χ4v) is 9.46. The van der Waals surface area contributed by atoms with E-state index in [1.165, 1.54) is 57.3 Å². The molecular weight excluding hydrogens is 766 g/mol. The monoisotopic (exact) mass is 807 g/mol. The average Bonchev–Trinajstić information content (AvgIpc) is 3.69. The van der Waals surface area contributed by atoms with Gasteiger partial charge in [0.1, 0.15) is 11.5 Å². The summed E-state index contributed by atoms with van der Waals surface area (Å²) in [6, 6.07) is 13.6. The molecule has 1 amide bonds. The molecule has 2 aliphatic carbocycles. The highest BCUT2D eigenvalue weighted by molar-refractivity contribution is 6.39. The molecule has 56 heavy (non-hydrogen) atoms. The third-order valence-corrected chi connectivity index (χ3v) is 12.6. The predicted molar refractivity (Wildman–Crippen MR) is 212 cm³/mol. The van der Waals surface area contributed by atoms with E-state index in [1.54, 1.807) is 25.3 Å². The number of fused-ring (bicyclic) bond motifs is 4. The minimum atomic E-state index is -4.76. The van der Waals surface area contributed by atoms with Crippen LogP contribution >= 0.6 is 23.2 Å². The molecule has 4 heterocycles. The van der Waals surface area contributed by atoms with Gasteiger partial charge < -0.3 is 15.8 Å². The predicted octanol–water partition coefficient (Wildman–Crippen LogP) is 8.96. The third kappa shape index (κ3) is 7.56. The van der Waals surface area contributed by atoms with Gasteiger partial charge in [0.2, 0.25) is 12.3 Å². The van der Waals surface area contributed by atoms with Gasteiger partial charge in [-0.2, -0.15) is 18.3 Å². The number of benzene rings is 2. The lowest BCUT2D eigenvalue weighted by Gasteiger charge is -2.34. The number of rotatable bonds is 8. The number of methoxy groups -OCH3 is 1. The molecule has 2 aromatic carbocycles. The molecule has 5 aromatic rings. The smallest absolute Gasteiger partial charge is 0.433 e. The van der Waals surface area contributed by atoms with Gasteiger partial charge in [0.15, 0.2) is 0 Å². The zero-order valence-electron chi connectivity index (χ0n) is 31.3. The van der Waals surface area contributed by atoms with Gasteiger partial charge in [-0.1, -0.05) is 60.5 Å². The Bertz CT molecular complexity index is 2380. The summed E-state index contributed by atoms with van der Waals surface area (Å²) in [6.07, 6.45) is 5.57. The lowest BCUT2D eigenvalue weighted by molar-refractivity contribution is -0.141. The Hall–Kier alpha value is -4.72. The van der Waals surface area contributed by atoms with Crippen LogP contribution in [0.1, 0.15) is 62.3 Å². The molecule has 0 unspecified atom stereocenters. The molecule has 15 heteroatoms. The summed E-state index contributed by atoms with van der Waals surface area (Å²) in [4.78, 5) is 32.9. The van der Waals surface area contributed by atoms with Gasteiger partial charge in [-0.25, -0.2) is 14.6 Å². The second-order valence-electron chi connectivity index (χ2n) is 15.4. The van der Waals surface area contributed by atoms with E-state index in [0.717, 1.165) is 42.4 Å². The molecule has 8 rings (SSSR count). The van der Waals surface area contributed by atoms with Crippen LogP contribution in [0.4, 0.5) is 24.7 Å². The van der Waals surface area contributed by atoms with Crippen molar-refractivity contribution in [2.24, 2.45) is 23.6 Å². The van der Waals surface area contributed by atoms with Crippen molar-refractivity contribution in [1.29, 1.82) is 0 Å². The van der Waals surface area contributed by atoms with Crippen molar-refractivity contribution in [3.8, 4) is 28.3 Å².